The van der Waals surface area contributed by atoms with Gasteiger partial charge in [-0.1, -0.05) is 25.5 Å². The summed E-state index contributed by atoms with van der Waals surface area (Å²) in [6, 6.07) is 7.69. The zero-order valence-electron chi connectivity index (χ0n) is 10.2. The van der Waals surface area contributed by atoms with Crippen LogP contribution in [0.25, 0.3) is 0 Å². The van der Waals surface area contributed by atoms with E-state index < -0.39 is 0 Å². The van der Waals surface area contributed by atoms with Gasteiger partial charge in [0, 0.05) is 13.6 Å². The summed E-state index contributed by atoms with van der Waals surface area (Å²) < 4.78 is 5.24. The molecular formula is C13H19NO2. The van der Waals surface area contributed by atoms with E-state index in [9.17, 15) is 4.79 Å². The summed E-state index contributed by atoms with van der Waals surface area (Å²) in [5, 5.41) is 0. The fraction of sp³-hybridized carbons (Fsp3) is 0.462. The van der Waals surface area contributed by atoms with Crippen LogP contribution in [-0.4, -0.2) is 24.6 Å². The highest BCUT2D eigenvalue weighted by Gasteiger charge is 2.08. The molecule has 0 radical (unpaired) electrons. The van der Waals surface area contributed by atoms with Crippen LogP contribution in [0.1, 0.15) is 25.8 Å². The number of amides is 1. The van der Waals surface area contributed by atoms with E-state index in [1.165, 1.54) is 10.5 Å². The summed E-state index contributed by atoms with van der Waals surface area (Å²) in [5.74, 6) is 0.622. The lowest BCUT2D eigenvalue weighted by Crippen LogP contribution is -2.29. The number of carbonyl (C=O) groups is 1. The number of carbonyl (C=O) groups excluding carboxylic acids is 1. The van der Waals surface area contributed by atoms with E-state index in [2.05, 4.69) is 6.92 Å². The summed E-state index contributed by atoms with van der Waals surface area (Å²) in [5.41, 5.74) is 1.20. The normalized spacial score (nSPS) is 9.94. The van der Waals surface area contributed by atoms with E-state index in [1.807, 2.05) is 25.1 Å². The number of nitrogens with zero attached hydrogens (tertiary/aromatic N) is 1. The molecule has 1 aromatic carbocycles. The van der Waals surface area contributed by atoms with Crippen molar-refractivity contribution in [1.29, 1.82) is 0 Å². The number of ether oxygens (including phenoxy) is 1. The molecule has 1 aromatic rings. The highest BCUT2D eigenvalue weighted by molar-refractivity contribution is 5.70. The lowest BCUT2D eigenvalue weighted by Gasteiger charge is -2.14. The fourth-order valence-corrected chi connectivity index (χ4v) is 1.36. The Balaban J connectivity index is 2.66. The molecule has 16 heavy (non-hydrogen) atoms. The Kier molecular flexibility index (Phi) is 4.83. The van der Waals surface area contributed by atoms with Crippen molar-refractivity contribution in [2.45, 2.75) is 26.7 Å². The molecule has 0 heterocycles. The first-order valence-electron chi connectivity index (χ1n) is 5.69. The smallest absolute Gasteiger partial charge is 0.410 e. The van der Waals surface area contributed by atoms with Crippen molar-refractivity contribution >= 4 is 6.09 Å². The van der Waals surface area contributed by atoms with Gasteiger partial charge >= 0.3 is 6.09 Å². The second kappa shape index (κ2) is 6.16. The highest BCUT2D eigenvalue weighted by atomic mass is 16.6. The van der Waals surface area contributed by atoms with Crippen LogP contribution in [0.15, 0.2) is 24.3 Å². The first-order chi connectivity index (χ1) is 7.67. The fourth-order valence-electron chi connectivity index (χ4n) is 1.36. The number of hydrogen-bond acceptors (Lipinski definition) is 2. The van der Waals surface area contributed by atoms with Gasteiger partial charge in [-0.25, -0.2) is 4.79 Å². The zero-order valence-corrected chi connectivity index (χ0v) is 10.2. The second-order valence-electron chi connectivity index (χ2n) is 3.78. The van der Waals surface area contributed by atoms with Crippen molar-refractivity contribution in [3.05, 3.63) is 29.8 Å². The van der Waals surface area contributed by atoms with Crippen molar-refractivity contribution in [2.24, 2.45) is 0 Å². The van der Waals surface area contributed by atoms with Gasteiger partial charge in [0.05, 0.1) is 0 Å². The molecule has 0 fully saturated rings. The molecule has 3 heteroatoms. The maximum atomic E-state index is 11.5. The zero-order chi connectivity index (χ0) is 12.0. The Bertz CT molecular complexity index is 350. The minimum Gasteiger partial charge on any atom is -0.410 e. The third kappa shape index (κ3) is 3.57. The Morgan fingerprint density at radius 3 is 2.75 bits per heavy atom. The summed E-state index contributed by atoms with van der Waals surface area (Å²) >= 11 is 0. The second-order valence-corrected chi connectivity index (χ2v) is 3.78. The lowest BCUT2D eigenvalue weighted by molar-refractivity contribution is 0.165. The minimum atomic E-state index is -0.309. The molecule has 88 valence electrons. The molecule has 0 saturated carbocycles. The molecule has 0 atom stereocenters. The first-order valence-corrected chi connectivity index (χ1v) is 5.69. The van der Waals surface area contributed by atoms with E-state index in [-0.39, 0.29) is 6.09 Å². The Labute approximate surface area is 97.0 Å². The molecular weight excluding hydrogens is 202 g/mol. The highest BCUT2D eigenvalue weighted by Crippen LogP contribution is 2.15. The van der Waals surface area contributed by atoms with Crippen LogP contribution in [0.5, 0.6) is 5.75 Å². The third-order valence-electron chi connectivity index (χ3n) is 2.43. The van der Waals surface area contributed by atoms with Crippen LogP contribution >= 0.6 is 0 Å². The van der Waals surface area contributed by atoms with Crippen LogP contribution in [0.4, 0.5) is 4.79 Å². The van der Waals surface area contributed by atoms with E-state index in [4.69, 9.17) is 4.74 Å². The van der Waals surface area contributed by atoms with Crippen LogP contribution in [0.2, 0.25) is 0 Å². The molecule has 0 saturated heterocycles. The topological polar surface area (TPSA) is 29.5 Å². The molecule has 0 aliphatic carbocycles. The van der Waals surface area contributed by atoms with Crippen LogP contribution in [0.3, 0.4) is 0 Å². The summed E-state index contributed by atoms with van der Waals surface area (Å²) in [7, 11) is 1.72. The molecule has 0 unspecified atom stereocenters. The Morgan fingerprint density at radius 2 is 2.12 bits per heavy atom. The molecule has 0 N–H and O–H groups in total. The van der Waals surface area contributed by atoms with Gasteiger partial charge in [-0.3, -0.25) is 0 Å². The average Bonchev–Trinajstić information content (AvgIpc) is 2.29. The van der Waals surface area contributed by atoms with Gasteiger partial charge in [-0.05, 0) is 31.0 Å². The number of aryl methyl sites for hydroxylation is 1. The standard InChI is InChI=1S/C13H19NO2/c1-4-7-11-8-6-9-12(10-11)16-13(15)14(3)5-2/h6,8-10H,4-5,7H2,1-3H3. The van der Waals surface area contributed by atoms with Gasteiger partial charge in [0.2, 0.25) is 0 Å². The Hall–Kier alpha value is -1.51. The van der Waals surface area contributed by atoms with Crippen molar-refractivity contribution in [3.63, 3.8) is 0 Å². The van der Waals surface area contributed by atoms with E-state index in [1.54, 1.807) is 13.1 Å². The molecule has 0 aliphatic heterocycles. The maximum absolute atomic E-state index is 11.5. The number of hydrogen-bond donors (Lipinski definition) is 0. The average molecular weight is 221 g/mol. The first kappa shape index (κ1) is 12.6. The molecule has 3 nitrogen and oxygen atoms in total. The van der Waals surface area contributed by atoms with Crippen LogP contribution in [-0.2, 0) is 6.42 Å². The van der Waals surface area contributed by atoms with E-state index in [0.717, 1.165) is 12.8 Å². The SMILES string of the molecule is CCCc1cccc(OC(=O)N(C)CC)c1. The molecule has 0 aromatic heterocycles. The molecule has 0 spiro atoms. The largest absolute Gasteiger partial charge is 0.414 e. The predicted octanol–water partition coefficient (Wildman–Crippen LogP) is 3.09. The summed E-state index contributed by atoms with van der Waals surface area (Å²) in [6.45, 7) is 4.69. The van der Waals surface area contributed by atoms with E-state index >= 15 is 0 Å². The third-order valence-corrected chi connectivity index (χ3v) is 2.43. The van der Waals surface area contributed by atoms with Gasteiger partial charge in [0.1, 0.15) is 5.75 Å². The van der Waals surface area contributed by atoms with Crippen molar-refractivity contribution < 1.29 is 9.53 Å². The molecule has 0 bridgehead atoms. The summed E-state index contributed by atoms with van der Waals surface area (Å²) in [6.07, 6.45) is 1.79. The van der Waals surface area contributed by atoms with Gasteiger partial charge < -0.3 is 9.64 Å². The van der Waals surface area contributed by atoms with Crippen molar-refractivity contribution in [1.82, 2.24) is 4.90 Å². The monoisotopic (exact) mass is 221 g/mol. The lowest BCUT2D eigenvalue weighted by atomic mass is 10.1. The molecule has 1 rings (SSSR count). The van der Waals surface area contributed by atoms with Gasteiger partial charge in [0.15, 0.2) is 0 Å². The van der Waals surface area contributed by atoms with Crippen LogP contribution < -0.4 is 4.74 Å². The maximum Gasteiger partial charge on any atom is 0.414 e. The predicted molar refractivity (Wildman–Crippen MR) is 64.8 cm³/mol. The quantitative estimate of drug-likeness (QED) is 0.782. The number of benzene rings is 1. The Morgan fingerprint density at radius 1 is 1.38 bits per heavy atom. The molecule has 0 aliphatic rings. The minimum absolute atomic E-state index is 0.309. The molecule has 1 amide bonds. The number of rotatable bonds is 4. The van der Waals surface area contributed by atoms with Crippen molar-refractivity contribution in [2.75, 3.05) is 13.6 Å². The van der Waals surface area contributed by atoms with Gasteiger partial charge in [0.25, 0.3) is 0 Å². The van der Waals surface area contributed by atoms with E-state index in [0.29, 0.717) is 12.3 Å². The van der Waals surface area contributed by atoms with Crippen LogP contribution in [0, 0.1) is 0 Å². The van der Waals surface area contributed by atoms with Crippen molar-refractivity contribution in [3.8, 4) is 5.75 Å². The van der Waals surface area contributed by atoms with Gasteiger partial charge in [-0.15, -0.1) is 0 Å². The van der Waals surface area contributed by atoms with Gasteiger partial charge in [-0.2, -0.15) is 0 Å². The summed E-state index contributed by atoms with van der Waals surface area (Å²) in [4.78, 5) is 13.1.